The van der Waals surface area contributed by atoms with E-state index in [1.54, 1.807) is 13.0 Å². The first-order chi connectivity index (χ1) is 9.89. The molecule has 2 aromatic carbocycles. The lowest BCUT2D eigenvalue weighted by atomic mass is 10.2. The number of nitrogens with zero attached hydrogens (tertiary/aromatic N) is 2. The fourth-order valence-corrected chi connectivity index (χ4v) is 3.59. The summed E-state index contributed by atoms with van der Waals surface area (Å²) in [4.78, 5) is 5.00. The van der Waals surface area contributed by atoms with Crippen LogP contribution in [-0.2, 0) is 16.9 Å². The van der Waals surface area contributed by atoms with Gasteiger partial charge in [-0.2, -0.15) is 0 Å². The highest BCUT2D eigenvalue weighted by Crippen LogP contribution is 2.28. The Bertz CT molecular complexity index is 926. The summed E-state index contributed by atoms with van der Waals surface area (Å²) in [7, 11) is -1.30. The minimum absolute atomic E-state index is 0.340. The van der Waals surface area contributed by atoms with Crippen LogP contribution in [0.25, 0.3) is 22.4 Å². The lowest BCUT2D eigenvalue weighted by molar-refractivity contribution is 0.601. The molecule has 108 valence electrons. The smallest absolute Gasteiger partial charge is 0.175 e. The number of aryl methyl sites for hydroxylation is 2. The van der Waals surface area contributed by atoms with E-state index in [0.717, 1.165) is 22.4 Å². The Morgan fingerprint density at radius 1 is 1.05 bits per heavy atom. The summed E-state index contributed by atoms with van der Waals surface area (Å²) >= 11 is 0. The van der Waals surface area contributed by atoms with E-state index in [1.807, 2.05) is 48.0 Å². The first-order valence-electron chi connectivity index (χ1n) is 6.61. The zero-order valence-electron chi connectivity index (χ0n) is 12.2. The van der Waals surface area contributed by atoms with Crippen molar-refractivity contribution in [2.24, 2.45) is 7.05 Å². The van der Waals surface area contributed by atoms with E-state index in [2.05, 4.69) is 4.98 Å². The van der Waals surface area contributed by atoms with Gasteiger partial charge in [0.25, 0.3) is 0 Å². The fraction of sp³-hybridized carbons (Fsp3) is 0.188. The highest BCUT2D eigenvalue weighted by Gasteiger charge is 2.17. The molecule has 4 nitrogen and oxygen atoms in total. The van der Waals surface area contributed by atoms with Crippen LogP contribution >= 0.6 is 0 Å². The molecule has 3 aromatic rings. The van der Waals surface area contributed by atoms with Crippen LogP contribution in [0.1, 0.15) is 5.56 Å². The SMILES string of the molecule is Cc1c(S(C)(=O)=O)ccc2c1nc(-c1ccccc1)n2C. The van der Waals surface area contributed by atoms with Crippen LogP contribution in [0.4, 0.5) is 0 Å². The highest BCUT2D eigenvalue weighted by atomic mass is 32.2. The summed E-state index contributed by atoms with van der Waals surface area (Å²) in [6, 6.07) is 13.3. The molecule has 3 rings (SSSR count). The Kier molecular flexibility index (Phi) is 3.10. The molecule has 0 bridgehead atoms. The molecule has 5 heteroatoms. The fourth-order valence-electron chi connectivity index (χ4n) is 2.62. The van der Waals surface area contributed by atoms with Crippen molar-refractivity contribution in [2.45, 2.75) is 11.8 Å². The summed E-state index contributed by atoms with van der Waals surface area (Å²) < 4.78 is 25.6. The Hall–Kier alpha value is -2.14. The standard InChI is InChI=1S/C16H16N2O2S/c1-11-14(21(3,19)20)10-9-13-15(11)17-16(18(13)2)12-7-5-4-6-8-12/h4-10H,1-3H3. The molecule has 0 saturated heterocycles. The van der Waals surface area contributed by atoms with E-state index in [9.17, 15) is 8.42 Å². The number of hydrogen-bond donors (Lipinski definition) is 0. The zero-order chi connectivity index (χ0) is 15.2. The average Bonchev–Trinajstić information content (AvgIpc) is 2.77. The van der Waals surface area contributed by atoms with Gasteiger partial charge in [-0.05, 0) is 24.6 Å². The maximum atomic E-state index is 11.8. The monoisotopic (exact) mass is 300 g/mol. The van der Waals surface area contributed by atoms with Gasteiger partial charge in [-0.1, -0.05) is 30.3 Å². The van der Waals surface area contributed by atoms with Crippen molar-refractivity contribution in [3.8, 4) is 11.4 Å². The third-order valence-corrected chi connectivity index (χ3v) is 4.93. The molecule has 0 spiro atoms. The summed E-state index contributed by atoms with van der Waals surface area (Å²) in [5.74, 6) is 0.833. The lowest BCUT2D eigenvalue weighted by Crippen LogP contribution is -2.00. The number of aromatic nitrogens is 2. The van der Waals surface area contributed by atoms with Crippen molar-refractivity contribution >= 4 is 20.9 Å². The first-order valence-corrected chi connectivity index (χ1v) is 8.50. The number of hydrogen-bond acceptors (Lipinski definition) is 3. The molecule has 1 heterocycles. The average molecular weight is 300 g/mol. The van der Waals surface area contributed by atoms with Gasteiger partial charge in [-0.3, -0.25) is 0 Å². The van der Waals surface area contributed by atoms with Gasteiger partial charge in [0.2, 0.25) is 0 Å². The van der Waals surface area contributed by atoms with Gasteiger partial charge in [-0.25, -0.2) is 13.4 Å². The molecule has 0 unspecified atom stereocenters. The largest absolute Gasteiger partial charge is 0.327 e. The summed E-state index contributed by atoms with van der Waals surface area (Å²) in [6.07, 6.45) is 1.22. The second-order valence-electron chi connectivity index (χ2n) is 5.19. The van der Waals surface area contributed by atoms with Crippen molar-refractivity contribution in [1.82, 2.24) is 9.55 Å². The molecule has 0 atom stereocenters. The van der Waals surface area contributed by atoms with Crippen molar-refractivity contribution in [3.63, 3.8) is 0 Å². The number of imidazole rings is 1. The minimum atomic E-state index is -3.24. The van der Waals surface area contributed by atoms with Crippen LogP contribution in [-0.4, -0.2) is 24.2 Å². The second kappa shape index (κ2) is 4.70. The normalized spacial score (nSPS) is 12.0. The zero-order valence-corrected chi connectivity index (χ0v) is 13.0. The molecule has 0 aliphatic carbocycles. The molecule has 21 heavy (non-hydrogen) atoms. The molecule has 0 aliphatic rings. The highest BCUT2D eigenvalue weighted by molar-refractivity contribution is 7.90. The van der Waals surface area contributed by atoms with Gasteiger partial charge in [0, 0.05) is 18.9 Å². The Morgan fingerprint density at radius 2 is 1.71 bits per heavy atom. The quantitative estimate of drug-likeness (QED) is 0.731. The van der Waals surface area contributed by atoms with Gasteiger partial charge in [-0.15, -0.1) is 0 Å². The maximum Gasteiger partial charge on any atom is 0.175 e. The predicted molar refractivity (Wildman–Crippen MR) is 84.0 cm³/mol. The molecule has 0 aliphatic heterocycles. The summed E-state index contributed by atoms with van der Waals surface area (Å²) in [5, 5.41) is 0. The number of benzene rings is 2. The van der Waals surface area contributed by atoms with Gasteiger partial charge >= 0.3 is 0 Å². The number of rotatable bonds is 2. The van der Waals surface area contributed by atoms with E-state index < -0.39 is 9.84 Å². The minimum Gasteiger partial charge on any atom is -0.327 e. The Labute approximate surface area is 124 Å². The van der Waals surface area contributed by atoms with E-state index in [1.165, 1.54) is 6.26 Å². The van der Waals surface area contributed by atoms with Crippen LogP contribution in [0.15, 0.2) is 47.4 Å². The maximum absolute atomic E-state index is 11.8. The van der Waals surface area contributed by atoms with Crippen LogP contribution in [0, 0.1) is 6.92 Å². The lowest BCUT2D eigenvalue weighted by Gasteiger charge is -2.04. The van der Waals surface area contributed by atoms with Crippen molar-refractivity contribution in [2.75, 3.05) is 6.26 Å². The summed E-state index contributed by atoms with van der Waals surface area (Å²) in [6.45, 7) is 1.81. The van der Waals surface area contributed by atoms with Crippen LogP contribution < -0.4 is 0 Å². The van der Waals surface area contributed by atoms with Crippen LogP contribution in [0.2, 0.25) is 0 Å². The molecule has 1 aromatic heterocycles. The second-order valence-corrected chi connectivity index (χ2v) is 7.17. The first kappa shape index (κ1) is 13.8. The van der Waals surface area contributed by atoms with E-state index in [0.29, 0.717) is 10.5 Å². The molecule has 0 amide bonds. The topological polar surface area (TPSA) is 52.0 Å². The third kappa shape index (κ3) is 2.23. The number of sulfone groups is 1. The van der Waals surface area contributed by atoms with E-state index >= 15 is 0 Å². The molecular weight excluding hydrogens is 284 g/mol. The van der Waals surface area contributed by atoms with Crippen molar-refractivity contribution in [3.05, 3.63) is 48.0 Å². The molecule has 0 fully saturated rings. The van der Waals surface area contributed by atoms with Crippen LogP contribution in [0.5, 0.6) is 0 Å². The number of fused-ring (bicyclic) bond motifs is 1. The van der Waals surface area contributed by atoms with Crippen LogP contribution in [0.3, 0.4) is 0 Å². The van der Waals surface area contributed by atoms with Crippen molar-refractivity contribution in [1.29, 1.82) is 0 Å². The Morgan fingerprint density at radius 3 is 2.33 bits per heavy atom. The van der Waals surface area contributed by atoms with Gasteiger partial charge < -0.3 is 4.57 Å². The van der Waals surface area contributed by atoms with Gasteiger partial charge in [0.05, 0.1) is 15.9 Å². The summed E-state index contributed by atoms with van der Waals surface area (Å²) in [5.41, 5.74) is 3.38. The Balaban J connectivity index is 2.33. The molecule has 0 N–H and O–H groups in total. The van der Waals surface area contributed by atoms with Gasteiger partial charge in [0.1, 0.15) is 5.82 Å². The molecule has 0 saturated carbocycles. The van der Waals surface area contributed by atoms with Crippen molar-refractivity contribution < 1.29 is 8.42 Å². The molecular formula is C16H16N2O2S. The van der Waals surface area contributed by atoms with Gasteiger partial charge in [0.15, 0.2) is 9.84 Å². The molecule has 0 radical (unpaired) electrons. The predicted octanol–water partition coefficient (Wildman–Crippen LogP) is 2.95. The van der Waals surface area contributed by atoms with E-state index in [-0.39, 0.29) is 0 Å². The third-order valence-electron chi connectivity index (χ3n) is 3.69. The van der Waals surface area contributed by atoms with E-state index in [4.69, 9.17) is 0 Å².